The molecule has 3 N–H and O–H groups in total. The van der Waals surface area contributed by atoms with Crippen LogP contribution in [0.25, 0.3) is 11.6 Å². The average molecular weight is 229 g/mol. The number of aromatic nitrogens is 8. The van der Waals surface area contributed by atoms with Gasteiger partial charge in [0.15, 0.2) is 5.82 Å². The van der Waals surface area contributed by atoms with E-state index in [9.17, 15) is 0 Å². The van der Waals surface area contributed by atoms with Gasteiger partial charge in [-0.3, -0.25) is 0 Å². The van der Waals surface area contributed by atoms with Crippen molar-refractivity contribution < 1.29 is 0 Å². The molecule has 0 unspecified atom stereocenters. The predicted molar refractivity (Wildman–Crippen MR) is 55.1 cm³/mol. The van der Waals surface area contributed by atoms with Gasteiger partial charge in [0.2, 0.25) is 11.6 Å². The van der Waals surface area contributed by atoms with Crippen molar-refractivity contribution in [2.45, 2.75) is 0 Å². The molecule has 3 rings (SSSR count). The molecule has 0 saturated heterocycles. The Bertz CT molecular complexity index is 525. The molecular weight excluding hydrogens is 222 g/mol. The average Bonchev–Trinajstić information content (AvgIpc) is 3.12. The lowest BCUT2D eigenvalue weighted by Crippen LogP contribution is -1.81. The van der Waals surface area contributed by atoms with Crippen LogP contribution in [-0.2, 0) is 0 Å². The summed E-state index contributed by atoms with van der Waals surface area (Å²) in [5.74, 6) is 1.46. The Kier molecular flexibility index (Phi) is 3.19. The molecule has 0 amide bonds. The molecule has 3 aromatic rings. The van der Waals surface area contributed by atoms with Crippen molar-refractivity contribution >= 4 is 0 Å². The molecule has 0 aliphatic rings. The van der Waals surface area contributed by atoms with Crippen LogP contribution in [0.1, 0.15) is 5.82 Å². The molecule has 84 valence electrons. The van der Waals surface area contributed by atoms with Crippen LogP contribution in [-0.4, -0.2) is 40.6 Å². The van der Waals surface area contributed by atoms with E-state index in [1.165, 1.54) is 0 Å². The second-order valence-electron chi connectivity index (χ2n) is 2.72. The molecule has 3 aromatic heterocycles. The molecule has 0 spiro atoms. The van der Waals surface area contributed by atoms with E-state index in [0.717, 1.165) is 0 Å². The highest BCUT2D eigenvalue weighted by molar-refractivity contribution is 5.39. The number of nitriles is 1. The quantitative estimate of drug-likeness (QED) is 0.531. The highest BCUT2D eigenvalue weighted by Gasteiger charge is 2.02. The number of rotatable bonds is 1. The first-order valence-corrected chi connectivity index (χ1v) is 4.53. The molecule has 0 bridgehead atoms. The van der Waals surface area contributed by atoms with Crippen LogP contribution in [0.15, 0.2) is 24.8 Å². The van der Waals surface area contributed by atoms with Gasteiger partial charge in [-0.25, -0.2) is 9.97 Å². The molecule has 9 heteroatoms. The van der Waals surface area contributed by atoms with E-state index in [4.69, 9.17) is 5.26 Å². The van der Waals surface area contributed by atoms with E-state index in [0.29, 0.717) is 17.5 Å². The largest absolute Gasteiger partial charge is 0.342 e. The second-order valence-corrected chi connectivity index (χ2v) is 2.72. The third-order valence-electron chi connectivity index (χ3n) is 1.66. The minimum atomic E-state index is 0.361. The zero-order valence-electron chi connectivity index (χ0n) is 8.49. The normalized spacial score (nSPS) is 9.12. The monoisotopic (exact) mass is 229 g/mol. The van der Waals surface area contributed by atoms with E-state index >= 15 is 0 Å². The van der Waals surface area contributed by atoms with Crippen LogP contribution in [0, 0.1) is 11.3 Å². The number of hydrogen-bond donors (Lipinski definition) is 3. The van der Waals surface area contributed by atoms with Gasteiger partial charge in [-0.05, 0) is 5.21 Å². The molecule has 9 nitrogen and oxygen atoms in total. The van der Waals surface area contributed by atoms with Gasteiger partial charge in [-0.2, -0.15) is 10.5 Å². The first kappa shape index (κ1) is 10.5. The first-order valence-electron chi connectivity index (χ1n) is 4.53. The third kappa shape index (κ3) is 2.72. The van der Waals surface area contributed by atoms with Gasteiger partial charge in [0, 0.05) is 24.8 Å². The Balaban J connectivity index is 0.000000136. The van der Waals surface area contributed by atoms with Crippen LogP contribution in [0.3, 0.4) is 0 Å². The van der Waals surface area contributed by atoms with Gasteiger partial charge >= 0.3 is 0 Å². The van der Waals surface area contributed by atoms with Crippen molar-refractivity contribution in [2.75, 3.05) is 0 Å². The van der Waals surface area contributed by atoms with Crippen LogP contribution in [0.5, 0.6) is 0 Å². The van der Waals surface area contributed by atoms with Crippen molar-refractivity contribution in [1.29, 1.82) is 5.26 Å². The Morgan fingerprint density at radius 2 is 1.94 bits per heavy atom. The van der Waals surface area contributed by atoms with E-state index in [1.807, 2.05) is 6.07 Å². The lowest BCUT2D eigenvalue weighted by Gasteiger charge is -1.80. The molecular formula is C8H7N9. The van der Waals surface area contributed by atoms with E-state index in [1.54, 1.807) is 24.8 Å². The van der Waals surface area contributed by atoms with Gasteiger partial charge in [0.1, 0.15) is 6.07 Å². The van der Waals surface area contributed by atoms with E-state index < -0.39 is 0 Å². The van der Waals surface area contributed by atoms with Crippen molar-refractivity contribution in [3.63, 3.8) is 0 Å². The Hall–Kier alpha value is -3.02. The standard InChI is InChI=1S/C4H4N6.C4H3N3/c1-2-6-3(5-1)4-7-9-10-8-4;5-3-4-6-1-2-7-4/h1-2H,(H,5,6)(H,7,8,9,10);1-2H,(H,6,7). The lowest BCUT2D eigenvalue weighted by molar-refractivity contribution is 0.881. The summed E-state index contributed by atoms with van der Waals surface area (Å²) in [5, 5.41) is 21.2. The molecule has 0 radical (unpaired) electrons. The number of nitrogens with zero attached hydrogens (tertiary/aromatic N) is 6. The molecule has 0 aliphatic heterocycles. The molecule has 3 heterocycles. The summed E-state index contributed by atoms with van der Waals surface area (Å²) >= 11 is 0. The van der Waals surface area contributed by atoms with Gasteiger partial charge in [0.05, 0.1) is 0 Å². The molecule has 0 fully saturated rings. The zero-order chi connectivity index (χ0) is 11.9. The Morgan fingerprint density at radius 1 is 1.12 bits per heavy atom. The molecule has 0 aromatic carbocycles. The smallest absolute Gasteiger partial charge is 0.239 e. The summed E-state index contributed by atoms with van der Waals surface area (Å²) in [5.41, 5.74) is 0. The highest BCUT2D eigenvalue weighted by Crippen LogP contribution is 2.02. The number of imidazole rings is 2. The Morgan fingerprint density at radius 3 is 2.41 bits per heavy atom. The van der Waals surface area contributed by atoms with Crippen molar-refractivity contribution in [2.24, 2.45) is 0 Å². The molecule has 0 aliphatic carbocycles. The van der Waals surface area contributed by atoms with Crippen molar-refractivity contribution in [3.05, 3.63) is 30.6 Å². The van der Waals surface area contributed by atoms with Crippen LogP contribution in [0.4, 0.5) is 0 Å². The number of nitrogens with one attached hydrogen (secondary N) is 3. The summed E-state index contributed by atoms with van der Waals surface area (Å²) in [6.07, 6.45) is 6.48. The molecule has 0 saturated carbocycles. The maximum absolute atomic E-state index is 8.08. The topological polar surface area (TPSA) is 136 Å². The van der Waals surface area contributed by atoms with E-state index in [-0.39, 0.29) is 0 Å². The van der Waals surface area contributed by atoms with Gasteiger partial charge < -0.3 is 9.97 Å². The van der Waals surface area contributed by atoms with Gasteiger partial charge in [-0.1, -0.05) is 0 Å². The minimum Gasteiger partial charge on any atom is -0.342 e. The van der Waals surface area contributed by atoms with Crippen molar-refractivity contribution in [3.8, 4) is 17.7 Å². The summed E-state index contributed by atoms with van der Waals surface area (Å²) < 4.78 is 0. The van der Waals surface area contributed by atoms with Crippen LogP contribution >= 0.6 is 0 Å². The number of hydrogen-bond acceptors (Lipinski definition) is 6. The fraction of sp³-hybridized carbons (Fsp3) is 0. The van der Waals surface area contributed by atoms with Gasteiger partial charge in [-0.15, -0.1) is 10.2 Å². The number of tetrazole rings is 1. The fourth-order valence-corrected chi connectivity index (χ4v) is 0.976. The predicted octanol–water partition coefficient (Wildman–Crippen LogP) is -0.129. The van der Waals surface area contributed by atoms with Crippen LogP contribution in [0.2, 0.25) is 0 Å². The summed E-state index contributed by atoms with van der Waals surface area (Å²) in [6.45, 7) is 0. The lowest BCUT2D eigenvalue weighted by atomic mass is 10.6. The Labute approximate surface area is 94.9 Å². The maximum atomic E-state index is 8.08. The van der Waals surface area contributed by atoms with Gasteiger partial charge in [0.25, 0.3) is 0 Å². The first-order chi connectivity index (χ1) is 8.40. The highest BCUT2D eigenvalue weighted by atomic mass is 15.5. The fourth-order valence-electron chi connectivity index (χ4n) is 0.976. The van der Waals surface area contributed by atoms with E-state index in [2.05, 4.69) is 40.6 Å². The third-order valence-corrected chi connectivity index (χ3v) is 1.66. The zero-order valence-corrected chi connectivity index (χ0v) is 8.49. The second kappa shape index (κ2) is 5.17. The molecule has 0 atom stereocenters. The minimum absolute atomic E-state index is 0.361. The molecule has 17 heavy (non-hydrogen) atoms. The number of aromatic amines is 3. The maximum Gasteiger partial charge on any atom is 0.239 e. The summed E-state index contributed by atoms with van der Waals surface area (Å²) in [4.78, 5) is 13.0. The number of H-pyrrole nitrogens is 3. The van der Waals surface area contributed by atoms with Crippen LogP contribution < -0.4 is 0 Å². The van der Waals surface area contributed by atoms with Crippen molar-refractivity contribution in [1.82, 2.24) is 40.6 Å². The summed E-state index contributed by atoms with van der Waals surface area (Å²) in [6, 6.07) is 1.84. The SMILES string of the molecule is N#Cc1ncc[nH]1.c1c[nH]c(-c2nn[nH]n2)n1. The summed E-state index contributed by atoms with van der Waals surface area (Å²) in [7, 11) is 0.